The minimum absolute atomic E-state index is 0.0812. The van der Waals surface area contributed by atoms with Crippen LogP contribution in [0.1, 0.15) is 11.4 Å². The zero-order chi connectivity index (χ0) is 13.1. The molecule has 1 amide bonds. The Morgan fingerprint density at radius 3 is 2.83 bits per heavy atom. The highest BCUT2D eigenvalue weighted by Gasteiger charge is 2.08. The quantitative estimate of drug-likeness (QED) is 0.840. The number of rotatable bonds is 3. The van der Waals surface area contributed by atoms with Crippen LogP contribution in [0.15, 0.2) is 24.3 Å². The summed E-state index contributed by atoms with van der Waals surface area (Å²) in [5.74, 6) is -0.722. The van der Waals surface area contributed by atoms with Gasteiger partial charge in [-0.15, -0.1) is 0 Å². The fraction of sp³-hybridized carbons (Fsp3) is 0.250. The molecule has 6 heteroatoms. The Bertz CT molecular complexity index is 579. The first-order valence-electron chi connectivity index (χ1n) is 5.48. The van der Waals surface area contributed by atoms with Gasteiger partial charge < -0.3 is 5.32 Å². The van der Waals surface area contributed by atoms with Gasteiger partial charge in [-0.25, -0.2) is 4.98 Å². The van der Waals surface area contributed by atoms with E-state index in [4.69, 9.17) is 0 Å². The number of nitrogens with one attached hydrogen (secondary N) is 1. The number of anilines is 1. The minimum atomic E-state index is -0.626. The van der Waals surface area contributed by atoms with Gasteiger partial charge in [-0.3, -0.25) is 9.48 Å². The third-order valence-electron chi connectivity index (χ3n) is 2.38. The van der Waals surface area contributed by atoms with Crippen molar-refractivity contribution in [1.82, 2.24) is 14.8 Å². The lowest BCUT2D eigenvalue weighted by atomic mass is 10.4. The van der Waals surface area contributed by atoms with Crippen LogP contribution < -0.4 is 5.32 Å². The van der Waals surface area contributed by atoms with Crippen LogP contribution in [0.4, 0.5) is 10.2 Å². The average Bonchev–Trinajstić information content (AvgIpc) is 2.57. The zero-order valence-electron chi connectivity index (χ0n) is 10.1. The maximum Gasteiger partial charge on any atom is 0.247 e. The van der Waals surface area contributed by atoms with Crippen molar-refractivity contribution in [3.63, 3.8) is 0 Å². The van der Waals surface area contributed by atoms with Gasteiger partial charge in [0.25, 0.3) is 0 Å². The summed E-state index contributed by atoms with van der Waals surface area (Å²) in [6.45, 7) is 3.81. The van der Waals surface area contributed by atoms with Crippen molar-refractivity contribution >= 4 is 11.7 Å². The Labute approximate surface area is 104 Å². The number of hydrogen-bond donors (Lipinski definition) is 1. The molecular formula is C12H13FN4O. The topological polar surface area (TPSA) is 59.8 Å². The van der Waals surface area contributed by atoms with Gasteiger partial charge in [0.15, 0.2) is 0 Å². The summed E-state index contributed by atoms with van der Waals surface area (Å²) >= 11 is 0. The molecule has 94 valence electrons. The molecule has 2 rings (SSSR count). The zero-order valence-corrected chi connectivity index (χ0v) is 10.1. The van der Waals surface area contributed by atoms with E-state index in [-0.39, 0.29) is 18.3 Å². The second-order valence-electron chi connectivity index (χ2n) is 3.98. The van der Waals surface area contributed by atoms with Crippen molar-refractivity contribution in [2.45, 2.75) is 20.4 Å². The number of halogens is 1. The molecule has 0 unspecified atom stereocenters. The lowest BCUT2D eigenvalue weighted by Gasteiger charge is -2.05. The number of aromatic nitrogens is 3. The van der Waals surface area contributed by atoms with E-state index in [9.17, 15) is 9.18 Å². The Morgan fingerprint density at radius 1 is 1.44 bits per heavy atom. The predicted octanol–water partition coefficient (Wildman–Crippen LogP) is 1.67. The average molecular weight is 248 g/mol. The molecule has 0 aliphatic heterocycles. The fourth-order valence-electron chi connectivity index (χ4n) is 1.63. The van der Waals surface area contributed by atoms with E-state index in [0.29, 0.717) is 0 Å². The van der Waals surface area contributed by atoms with E-state index in [1.807, 2.05) is 19.9 Å². The predicted molar refractivity (Wildman–Crippen MR) is 64.5 cm³/mol. The van der Waals surface area contributed by atoms with Gasteiger partial charge in [-0.2, -0.15) is 9.49 Å². The summed E-state index contributed by atoms with van der Waals surface area (Å²) in [5, 5.41) is 6.69. The molecule has 0 radical (unpaired) electrons. The summed E-state index contributed by atoms with van der Waals surface area (Å²) in [5.41, 5.74) is 1.75. The summed E-state index contributed by atoms with van der Waals surface area (Å²) in [6.07, 6.45) is 0. The summed E-state index contributed by atoms with van der Waals surface area (Å²) in [6, 6.07) is 6.12. The lowest BCUT2D eigenvalue weighted by molar-refractivity contribution is -0.117. The van der Waals surface area contributed by atoms with Crippen LogP contribution in [0.3, 0.4) is 0 Å². The van der Waals surface area contributed by atoms with Crippen LogP contribution in [-0.4, -0.2) is 20.7 Å². The molecule has 0 bridgehead atoms. The van der Waals surface area contributed by atoms with Crippen molar-refractivity contribution in [1.29, 1.82) is 0 Å². The SMILES string of the molecule is Cc1cc(C)n(CC(=O)Nc2cccc(F)n2)n1. The number of nitrogens with zero attached hydrogens (tertiary/aromatic N) is 3. The first-order valence-corrected chi connectivity index (χ1v) is 5.48. The number of amides is 1. The fourth-order valence-corrected chi connectivity index (χ4v) is 1.63. The summed E-state index contributed by atoms with van der Waals surface area (Å²) in [4.78, 5) is 15.3. The molecule has 0 saturated heterocycles. The lowest BCUT2D eigenvalue weighted by Crippen LogP contribution is -2.21. The van der Waals surface area contributed by atoms with Crippen LogP contribution >= 0.6 is 0 Å². The van der Waals surface area contributed by atoms with E-state index in [1.54, 1.807) is 4.68 Å². The van der Waals surface area contributed by atoms with Gasteiger partial charge in [-0.1, -0.05) is 6.07 Å². The first kappa shape index (κ1) is 12.2. The van der Waals surface area contributed by atoms with Gasteiger partial charge in [0.05, 0.1) is 5.69 Å². The van der Waals surface area contributed by atoms with Crippen LogP contribution in [-0.2, 0) is 11.3 Å². The molecule has 0 aromatic carbocycles. The normalized spacial score (nSPS) is 10.4. The molecule has 18 heavy (non-hydrogen) atoms. The van der Waals surface area contributed by atoms with E-state index < -0.39 is 5.95 Å². The monoisotopic (exact) mass is 248 g/mol. The van der Waals surface area contributed by atoms with Gasteiger partial charge in [0.2, 0.25) is 11.9 Å². The Hall–Kier alpha value is -2.24. The molecule has 1 N–H and O–H groups in total. The molecule has 2 aromatic rings. The van der Waals surface area contributed by atoms with Crippen molar-refractivity contribution < 1.29 is 9.18 Å². The highest BCUT2D eigenvalue weighted by Crippen LogP contribution is 2.05. The summed E-state index contributed by atoms with van der Waals surface area (Å²) in [7, 11) is 0. The smallest absolute Gasteiger partial charge is 0.247 e. The second kappa shape index (κ2) is 4.95. The Morgan fingerprint density at radius 2 is 2.22 bits per heavy atom. The van der Waals surface area contributed by atoms with Gasteiger partial charge >= 0.3 is 0 Å². The number of aryl methyl sites for hydroxylation is 2. The standard InChI is InChI=1S/C12H13FN4O/c1-8-6-9(2)17(16-8)7-12(18)15-11-5-3-4-10(13)14-11/h3-6H,7H2,1-2H3,(H,14,15,18). The van der Waals surface area contributed by atoms with E-state index >= 15 is 0 Å². The van der Waals surface area contributed by atoms with Crippen LogP contribution in [0.25, 0.3) is 0 Å². The molecule has 0 spiro atoms. The number of pyridine rings is 1. The number of hydrogen-bond acceptors (Lipinski definition) is 3. The number of carbonyl (C=O) groups is 1. The van der Waals surface area contributed by atoms with Gasteiger partial charge in [-0.05, 0) is 32.0 Å². The second-order valence-corrected chi connectivity index (χ2v) is 3.98. The molecule has 0 aliphatic rings. The molecule has 2 heterocycles. The largest absolute Gasteiger partial charge is 0.309 e. The van der Waals surface area contributed by atoms with Crippen molar-refractivity contribution in [2.75, 3.05) is 5.32 Å². The third-order valence-corrected chi connectivity index (χ3v) is 2.38. The van der Waals surface area contributed by atoms with E-state index in [0.717, 1.165) is 11.4 Å². The summed E-state index contributed by atoms with van der Waals surface area (Å²) < 4.78 is 14.4. The van der Waals surface area contributed by atoms with Crippen molar-refractivity contribution in [3.8, 4) is 0 Å². The van der Waals surface area contributed by atoms with Crippen LogP contribution in [0, 0.1) is 19.8 Å². The third kappa shape index (κ3) is 2.91. The van der Waals surface area contributed by atoms with Crippen molar-refractivity contribution in [3.05, 3.63) is 41.6 Å². The maximum absolute atomic E-state index is 12.8. The van der Waals surface area contributed by atoms with Crippen LogP contribution in [0.5, 0.6) is 0 Å². The molecule has 5 nitrogen and oxygen atoms in total. The highest BCUT2D eigenvalue weighted by molar-refractivity contribution is 5.89. The van der Waals surface area contributed by atoms with Gasteiger partial charge in [0, 0.05) is 5.69 Å². The number of carbonyl (C=O) groups excluding carboxylic acids is 1. The molecular weight excluding hydrogens is 235 g/mol. The molecule has 0 fully saturated rings. The molecule has 0 saturated carbocycles. The molecule has 0 aliphatic carbocycles. The minimum Gasteiger partial charge on any atom is -0.309 e. The molecule has 2 aromatic heterocycles. The highest BCUT2D eigenvalue weighted by atomic mass is 19.1. The van der Waals surface area contributed by atoms with E-state index in [1.165, 1.54) is 18.2 Å². The van der Waals surface area contributed by atoms with Crippen molar-refractivity contribution in [2.24, 2.45) is 0 Å². The molecule has 0 atom stereocenters. The Kier molecular flexibility index (Phi) is 3.36. The first-order chi connectivity index (χ1) is 8.54. The van der Waals surface area contributed by atoms with E-state index in [2.05, 4.69) is 15.4 Å². The van der Waals surface area contributed by atoms with Gasteiger partial charge in [0.1, 0.15) is 12.4 Å². The maximum atomic E-state index is 12.8. The Balaban J connectivity index is 2.03. The van der Waals surface area contributed by atoms with Crippen LogP contribution in [0.2, 0.25) is 0 Å².